The Morgan fingerprint density at radius 3 is 2.45 bits per heavy atom. The number of nitrogens with zero attached hydrogens (tertiary/aromatic N) is 2. The Bertz CT molecular complexity index is 1260. The lowest BCUT2D eigenvalue weighted by Gasteiger charge is -2.12. The maximum absolute atomic E-state index is 11.8. The van der Waals surface area contributed by atoms with Crippen molar-refractivity contribution in [1.82, 2.24) is 10.1 Å². The van der Waals surface area contributed by atoms with Crippen LogP contribution in [0.25, 0.3) is 34.0 Å². The summed E-state index contributed by atoms with van der Waals surface area (Å²) in [6.07, 6.45) is 0. The van der Waals surface area contributed by atoms with Crippen LogP contribution in [0.2, 0.25) is 0 Å². The van der Waals surface area contributed by atoms with E-state index < -0.39 is 0 Å². The zero-order valence-corrected chi connectivity index (χ0v) is 18.1. The number of aryl methyl sites for hydroxylation is 2. The third-order valence-corrected chi connectivity index (χ3v) is 5.40. The molecule has 0 saturated heterocycles. The molecule has 5 nitrogen and oxygen atoms in total. The average molecular weight is 412 g/mol. The van der Waals surface area contributed by atoms with Crippen LogP contribution < -0.4 is 0 Å². The highest BCUT2D eigenvalue weighted by Crippen LogP contribution is 2.32. The minimum Gasteiger partial charge on any atom is -0.380 e. The Morgan fingerprint density at radius 2 is 1.71 bits per heavy atom. The van der Waals surface area contributed by atoms with Crippen molar-refractivity contribution >= 4 is 5.78 Å². The predicted octanol–water partition coefficient (Wildman–Crippen LogP) is 6.04. The Labute approximate surface area is 181 Å². The van der Waals surface area contributed by atoms with Crippen LogP contribution >= 0.6 is 0 Å². The molecule has 0 aliphatic heterocycles. The van der Waals surface area contributed by atoms with Gasteiger partial charge in [0.25, 0.3) is 5.89 Å². The Morgan fingerprint density at radius 1 is 0.935 bits per heavy atom. The standard InChI is InChI=1S/C26H24N2O3/c1-16-7-5-6-8-22(16)23-12-11-20(13-21(23)15-30-4)26-27-25(28-31-26)24-14-19(18(3)29)10-9-17(24)2/h5-14H,15H2,1-4H3. The molecule has 0 N–H and O–H groups in total. The summed E-state index contributed by atoms with van der Waals surface area (Å²) in [6, 6.07) is 19.9. The van der Waals surface area contributed by atoms with Crippen LogP contribution in [0, 0.1) is 13.8 Å². The van der Waals surface area contributed by atoms with Crippen molar-refractivity contribution in [3.8, 4) is 34.0 Å². The highest BCUT2D eigenvalue weighted by molar-refractivity contribution is 5.95. The van der Waals surface area contributed by atoms with E-state index in [-0.39, 0.29) is 5.78 Å². The zero-order valence-electron chi connectivity index (χ0n) is 18.1. The molecule has 4 rings (SSSR count). The van der Waals surface area contributed by atoms with Gasteiger partial charge >= 0.3 is 0 Å². The second-order valence-electron chi connectivity index (χ2n) is 7.63. The molecule has 0 spiro atoms. The van der Waals surface area contributed by atoms with E-state index in [0.717, 1.165) is 27.8 Å². The van der Waals surface area contributed by atoms with Crippen molar-refractivity contribution in [3.05, 3.63) is 82.9 Å². The van der Waals surface area contributed by atoms with E-state index in [1.807, 2.05) is 49.4 Å². The van der Waals surface area contributed by atoms with E-state index in [9.17, 15) is 4.79 Å². The molecule has 1 heterocycles. The van der Waals surface area contributed by atoms with Crippen molar-refractivity contribution in [1.29, 1.82) is 0 Å². The van der Waals surface area contributed by atoms with Crippen LogP contribution in [-0.2, 0) is 11.3 Å². The molecule has 5 heteroatoms. The first kappa shape index (κ1) is 20.7. The lowest BCUT2D eigenvalue weighted by atomic mass is 9.94. The number of rotatable bonds is 6. The Kier molecular flexibility index (Phi) is 5.78. The van der Waals surface area contributed by atoms with Gasteiger partial charge in [0.05, 0.1) is 6.61 Å². The number of Topliss-reactive ketones (excluding diaryl/α,β-unsaturated/α-hetero) is 1. The van der Waals surface area contributed by atoms with E-state index in [4.69, 9.17) is 9.26 Å². The number of ketones is 1. The minimum absolute atomic E-state index is 0.000898. The van der Waals surface area contributed by atoms with Gasteiger partial charge in [0.1, 0.15) is 0 Å². The minimum atomic E-state index is 0.000898. The number of ether oxygens (including phenoxy) is 1. The zero-order chi connectivity index (χ0) is 22.0. The molecule has 0 aliphatic carbocycles. The summed E-state index contributed by atoms with van der Waals surface area (Å²) in [5, 5.41) is 4.17. The van der Waals surface area contributed by atoms with Crippen LogP contribution in [0.3, 0.4) is 0 Å². The summed E-state index contributed by atoms with van der Waals surface area (Å²) in [7, 11) is 1.68. The van der Waals surface area contributed by atoms with Gasteiger partial charge in [-0.1, -0.05) is 47.6 Å². The number of hydrogen-bond acceptors (Lipinski definition) is 5. The largest absolute Gasteiger partial charge is 0.380 e. The van der Waals surface area contributed by atoms with Gasteiger partial charge in [-0.3, -0.25) is 4.79 Å². The molecule has 3 aromatic carbocycles. The lowest BCUT2D eigenvalue weighted by molar-refractivity contribution is 0.101. The summed E-state index contributed by atoms with van der Waals surface area (Å²) in [5.41, 5.74) is 7.75. The summed E-state index contributed by atoms with van der Waals surface area (Å²) >= 11 is 0. The first-order valence-corrected chi connectivity index (χ1v) is 10.1. The van der Waals surface area contributed by atoms with Crippen molar-refractivity contribution in [2.24, 2.45) is 0 Å². The second-order valence-corrected chi connectivity index (χ2v) is 7.63. The SMILES string of the molecule is COCc1cc(-c2nc(-c3cc(C(C)=O)ccc3C)no2)ccc1-c1ccccc1C. The highest BCUT2D eigenvalue weighted by Gasteiger charge is 2.16. The average Bonchev–Trinajstić information content (AvgIpc) is 3.25. The first-order chi connectivity index (χ1) is 15.0. The predicted molar refractivity (Wildman–Crippen MR) is 121 cm³/mol. The topological polar surface area (TPSA) is 65.2 Å². The molecular formula is C26H24N2O3. The fraction of sp³-hybridized carbons (Fsp3) is 0.192. The van der Waals surface area contributed by atoms with Gasteiger partial charge in [-0.15, -0.1) is 0 Å². The van der Waals surface area contributed by atoms with Crippen LogP contribution in [0.5, 0.6) is 0 Å². The number of carbonyl (C=O) groups is 1. The number of benzene rings is 3. The summed E-state index contributed by atoms with van der Waals surface area (Å²) < 4.78 is 11.0. The smallest absolute Gasteiger partial charge is 0.258 e. The van der Waals surface area contributed by atoms with Crippen molar-refractivity contribution in [2.45, 2.75) is 27.4 Å². The molecule has 0 fully saturated rings. The number of hydrogen-bond donors (Lipinski definition) is 0. The molecule has 0 aliphatic rings. The van der Waals surface area contributed by atoms with E-state index >= 15 is 0 Å². The number of carbonyl (C=O) groups excluding carboxylic acids is 1. The molecule has 0 radical (unpaired) electrons. The first-order valence-electron chi connectivity index (χ1n) is 10.1. The molecular weight excluding hydrogens is 388 g/mol. The fourth-order valence-corrected chi connectivity index (χ4v) is 3.67. The molecule has 4 aromatic rings. The van der Waals surface area contributed by atoms with E-state index in [0.29, 0.717) is 23.9 Å². The van der Waals surface area contributed by atoms with Crippen LogP contribution in [0.15, 0.2) is 65.2 Å². The van der Waals surface area contributed by atoms with Gasteiger partial charge in [-0.2, -0.15) is 4.98 Å². The summed E-state index contributed by atoms with van der Waals surface area (Å²) in [6.45, 7) is 6.08. The van der Waals surface area contributed by atoms with Gasteiger partial charge in [-0.05, 0) is 66.8 Å². The molecule has 31 heavy (non-hydrogen) atoms. The number of methoxy groups -OCH3 is 1. The Balaban J connectivity index is 1.74. The van der Waals surface area contributed by atoms with Crippen molar-refractivity contribution < 1.29 is 14.1 Å². The maximum Gasteiger partial charge on any atom is 0.258 e. The quantitative estimate of drug-likeness (QED) is 0.361. The molecule has 0 bridgehead atoms. The maximum atomic E-state index is 11.8. The third kappa shape index (κ3) is 4.18. The van der Waals surface area contributed by atoms with Gasteiger partial charge in [0, 0.05) is 23.8 Å². The van der Waals surface area contributed by atoms with E-state index in [1.54, 1.807) is 14.0 Å². The number of aromatic nitrogens is 2. The van der Waals surface area contributed by atoms with E-state index in [2.05, 4.69) is 35.3 Å². The molecule has 1 aromatic heterocycles. The normalized spacial score (nSPS) is 11.0. The third-order valence-electron chi connectivity index (χ3n) is 5.40. The molecule has 0 amide bonds. The molecule has 0 unspecified atom stereocenters. The molecule has 156 valence electrons. The molecule has 0 saturated carbocycles. The van der Waals surface area contributed by atoms with Gasteiger partial charge in [0.15, 0.2) is 5.78 Å². The van der Waals surface area contributed by atoms with E-state index in [1.165, 1.54) is 11.1 Å². The summed E-state index contributed by atoms with van der Waals surface area (Å²) in [4.78, 5) is 16.4. The van der Waals surface area contributed by atoms with Gasteiger partial charge in [-0.25, -0.2) is 0 Å². The van der Waals surface area contributed by atoms with Gasteiger partial charge in [0.2, 0.25) is 5.82 Å². The van der Waals surface area contributed by atoms with Crippen LogP contribution in [0.4, 0.5) is 0 Å². The highest BCUT2D eigenvalue weighted by atomic mass is 16.5. The Hall–Kier alpha value is -3.57. The lowest BCUT2D eigenvalue weighted by Crippen LogP contribution is -1.95. The van der Waals surface area contributed by atoms with Crippen molar-refractivity contribution in [2.75, 3.05) is 7.11 Å². The monoisotopic (exact) mass is 412 g/mol. The fourth-order valence-electron chi connectivity index (χ4n) is 3.67. The van der Waals surface area contributed by atoms with Crippen molar-refractivity contribution in [3.63, 3.8) is 0 Å². The van der Waals surface area contributed by atoms with Crippen LogP contribution in [0.1, 0.15) is 34.0 Å². The van der Waals surface area contributed by atoms with Crippen LogP contribution in [-0.4, -0.2) is 23.0 Å². The second kappa shape index (κ2) is 8.66. The summed E-state index contributed by atoms with van der Waals surface area (Å²) in [5.74, 6) is 0.893. The van der Waals surface area contributed by atoms with Gasteiger partial charge < -0.3 is 9.26 Å². The molecule has 0 atom stereocenters.